The average molecular weight is 332 g/mol. The van der Waals surface area contributed by atoms with Gasteiger partial charge in [0, 0.05) is 12.6 Å². The Labute approximate surface area is 123 Å². The molecule has 0 aliphatic rings. The van der Waals surface area contributed by atoms with E-state index < -0.39 is 0 Å². The van der Waals surface area contributed by atoms with E-state index >= 15 is 0 Å². The topological polar surface area (TPSA) is 53.7 Å². The molecule has 0 aliphatic heterocycles. The average Bonchev–Trinajstić information content (AvgIpc) is 2.40. The van der Waals surface area contributed by atoms with Gasteiger partial charge in [0.1, 0.15) is 0 Å². The van der Waals surface area contributed by atoms with E-state index in [0.717, 1.165) is 22.9 Å². The summed E-state index contributed by atoms with van der Waals surface area (Å²) in [5.74, 6) is 1.34. The summed E-state index contributed by atoms with van der Waals surface area (Å²) in [7, 11) is 1.62. The van der Waals surface area contributed by atoms with E-state index in [-0.39, 0.29) is 12.8 Å². The third-order valence-electron chi connectivity index (χ3n) is 2.80. The summed E-state index contributed by atoms with van der Waals surface area (Å²) < 4.78 is 17.0. The van der Waals surface area contributed by atoms with Gasteiger partial charge in [-0.2, -0.15) is 0 Å². The number of rotatable bonds is 8. The quantitative estimate of drug-likeness (QED) is 0.587. The van der Waals surface area contributed by atoms with Crippen molar-refractivity contribution in [3.63, 3.8) is 0 Å². The summed E-state index contributed by atoms with van der Waals surface area (Å²) in [6, 6.07) is 4.13. The maximum atomic E-state index is 5.98. The number of hydrogen-bond donors (Lipinski definition) is 1. The highest BCUT2D eigenvalue weighted by Gasteiger charge is 2.13. The molecule has 108 valence electrons. The second-order valence-corrected chi connectivity index (χ2v) is 5.09. The van der Waals surface area contributed by atoms with Gasteiger partial charge in [0.05, 0.1) is 11.6 Å². The number of nitrogens with two attached hydrogens (primary N) is 1. The van der Waals surface area contributed by atoms with Crippen LogP contribution in [0.25, 0.3) is 0 Å². The van der Waals surface area contributed by atoms with Crippen molar-refractivity contribution in [1.29, 1.82) is 0 Å². The van der Waals surface area contributed by atoms with E-state index in [1.54, 1.807) is 7.11 Å². The van der Waals surface area contributed by atoms with Crippen LogP contribution >= 0.6 is 15.9 Å². The molecule has 0 amide bonds. The second kappa shape index (κ2) is 8.40. The van der Waals surface area contributed by atoms with Gasteiger partial charge in [0.2, 0.25) is 0 Å². The molecule has 5 heteroatoms. The predicted molar refractivity (Wildman–Crippen MR) is 79.8 cm³/mol. The number of ether oxygens (including phenoxy) is 3. The van der Waals surface area contributed by atoms with Crippen LogP contribution in [0.1, 0.15) is 25.8 Å². The van der Waals surface area contributed by atoms with Crippen molar-refractivity contribution >= 4 is 15.9 Å². The minimum absolute atomic E-state index is 0.159. The Kier molecular flexibility index (Phi) is 7.20. The highest BCUT2D eigenvalue weighted by Crippen LogP contribution is 2.37. The maximum Gasteiger partial charge on any atom is 0.189 e. The first-order valence-corrected chi connectivity index (χ1v) is 7.24. The lowest BCUT2D eigenvalue weighted by atomic mass is 10.0. The van der Waals surface area contributed by atoms with Gasteiger partial charge in [-0.25, -0.2) is 0 Å². The van der Waals surface area contributed by atoms with Gasteiger partial charge in [0.15, 0.2) is 18.3 Å². The molecule has 1 atom stereocenters. The fourth-order valence-electron chi connectivity index (χ4n) is 1.66. The highest BCUT2D eigenvalue weighted by atomic mass is 79.9. The number of hydrogen-bond acceptors (Lipinski definition) is 4. The van der Waals surface area contributed by atoms with E-state index in [4.69, 9.17) is 19.9 Å². The van der Waals surface area contributed by atoms with E-state index in [1.807, 2.05) is 19.1 Å². The monoisotopic (exact) mass is 331 g/mol. The zero-order valence-electron chi connectivity index (χ0n) is 11.7. The largest absolute Gasteiger partial charge is 0.493 e. The van der Waals surface area contributed by atoms with Crippen molar-refractivity contribution < 1.29 is 14.2 Å². The predicted octanol–water partition coefficient (Wildman–Crippen LogP) is 3.11. The maximum absolute atomic E-state index is 5.98. The Morgan fingerprint density at radius 1 is 1.32 bits per heavy atom. The molecule has 0 aromatic heterocycles. The molecule has 0 bridgehead atoms. The Bertz CT molecular complexity index is 399. The lowest BCUT2D eigenvalue weighted by Crippen LogP contribution is -2.21. The van der Waals surface area contributed by atoms with Gasteiger partial charge in [-0.15, -0.1) is 0 Å². The Hall–Kier alpha value is -0.780. The summed E-state index contributed by atoms with van der Waals surface area (Å²) in [5.41, 5.74) is 7.10. The third kappa shape index (κ3) is 5.01. The molecule has 0 saturated heterocycles. The van der Waals surface area contributed by atoms with E-state index in [1.165, 1.54) is 0 Å². The molecule has 0 heterocycles. The Morgan fingerprint density at radius 3 is 2.63 bits per heavy atom. The zero-order chi connectivity index (χ0) is 14.3. The smallest absolute Gasteiger partial charge is 0.189 e. The molecule has 0 saturated carbocycles. The van der Waals surface area contributed by atoms with Crippen LogP contribution in [-0.2, 0) is 11.2 Å². The minimum atomic E-state index is 0.159. The molecule has 1 unspecified atom stereocenters. The van der Waals surface area contributed by atoms with E-state index in [9.17, 15) is 0 Å². The van der Waals surface area contributed by atoms with Crippen molar-refractivity contribution in [2.75, 3.05) is 20.5 Å². The number of halogens is 1. The lowest BCUT2D eigenvalue weighted by Gasteiger charge is -2.15. The molecule has 2 N–H and O–H groups in total. The standard InChI is InChI=1S/C14H22BrNO3/c1-4-11(16)6-10-7-12(15)14(13(8-10)17-3)19-9-18-5-2/h7-8,11H,4-6,9,16H2,1-3H3. The molecular weight excluding hydrogens is 310 g/mol. The molecule has 4 nitrogen and oxygen atoms in total. The first-order chi connectivity index (χ1) is 9.12. The summed E-state index contributed by atoms with van der Waals surface area (Å²) in [5, 5.41) is 0. The number of methoxy groups -OCH3 is 1. The van der Waals surface area contributed by atoms with Crippen LogP contribution in [0.4, 0.5) is 0 Å². The lowest BCUT2D eigenvalue weighted by molar-refractivity contribution is 0.0204. The Morgan fingerprint density at radius 2 is 2.05 bits per heavy atom. The molecule has 0 fully saturated rings. The van der Waals surface area contributed by atoms with Crippen LogP contribution < -0.4 is 15.2 Å². The third-order valence-corrected chi connectivity index (χ3v) is 3.39. The van der Waals surface area contributed by atoms with E-state index in [2.05, 4.69) is 22.9 Å². The molecule has 0 aliphatic carbocycles. The minimum Gasteiger partial charge on any atom is -0.493 e. The summed E-state index contributed by atoms with van der Waals surface area (Å²) in [6.07, 6.45) is 1.76. The number of benzene rings is 1. The SMILES string of the molecule is CCOCOc1c(Br)cc(CC(N)CC)cc1OC. The van der Waals surface area contributed by atoms with Gasteiger partial charge in [-0.1, -0.05) is 6.92 Å². The summed E-state index contributed by atoms with van der Waals surface area (Å²) in [4.78, 5) is 0. The fraction of sp³-hybridized carbons (Fsp3) is 0.571. The van der Waals surface area contributed by atoms with Crippen LogP contribution in [0.3, 0.4) is 0 Å². The van der Waals surface area contributed by atoms with Crippen LogP contribution in [0.2, 0.25) is 0 Å². The molecule has 1 aromatic carbocycles. The van der Waals surface area contributed by atoms with Crippen molar-refractivity contribution in [2.45, 2.75) is 32.7 Å². The second-order valence-electron chi connectivity index (χ2n) is 4.24. The van der Waals surface area contributed by atoms with Crippen LogP contribution in [0.15, 0.2) is 16.6 Å². The summed E-state index contributed by atoms with van der Waals surface area (Å²) in [6.45, 7) is 4.82. The van der Waals surface area contributed by atoms with Crippen molar-refractivity contribution in [1.82, 2.24) is 0 Å². The summed E-state index contributed by atoms with van der Waals surface area (Å²) >= 11 is 3.50. The normalized spacial score (nSPS) is 12.3. The molecule has 0 spiro atoms. The molecular formula is C14H22BrNO3. The first-order valence-electron chi connectivity index (χ1n) is 6.44. The van der Waals surface area contributed by atoms with Crippen molar-refractivity contribution in [3.05, 3.63) is 22.2 Å². The van der Waals surface area contributed by atoms with Gasteiger partial charge < -0.3 is 19.9 Å². The van der Waals surface area contributed by atoms with Crippen molar-refractivity contribution in [3.8, 4) is 11.5 Å². The Balaban J connectivity index is 2.87. The molecule has 1 rings (SSSR count). The van der Waals surface area contributed by atoms with E-state index in [0.29, 0.717) is 18.1 Å². The van der Waals surface area contributed by atoms with Crippen molar-refractivity contribution in [2.24, 2.45) is 5.73 Å². The van der Waals surface area contributed by atoms with Gasteiger partial charge in [0.25, 0.3) is 0 Å². The highest BCUT2D eigenvalue weighted by molar-refractivity contribution is 9.10. The van der Waals surface area contributed by atoms with Crippen LogP contribution in [0.5, 0.6) is 11.5 Å². The first kappa shape index (κ1) is 16.3. The van der Waals surface area contributed by atoms with Gasteiger partial charge in [-0.05, 0) is 53.4 Å². The zero-order valence-corrected chi connectivity index (χ0v) is 13.3. The fourth-order valence-corrected chi connectivity index (χ4v) is 2.27. The van der Waals surface area contributed by atoms with Gasteiger partial charge >= 0.3 is 0 Å². The molecule has 19 heavy (non-hydrogen) atoms. The van der Waals surface area contributed by atoms with Crippen LogP contribution in [0, 0.1) is 0 Å². The molecule has 1 aromatic rings. The van der Waals surface area contributed by atoms with Gasteiger partial charge in [-0.3, -0.25) is 0 Å². The molecule has 0 radical (unpaired) electrons. The van der Waals surface area contributed by atoms with Crippen LogP contribution in [-0.4, -0.2) is 26.6 Å².